The van der Waals surface area contributed by atoms with Crippen LogP contribution in [0.4, 0.5) is 0 Å². The predicted molar refractivity (Wildman–Crippen MR) is 85.9 cm³/mol. The molecule has 0 radical (unpaired) electrons. The zero-order valence-electron chi connectivity index (χ0n) is 12.4. The highest BCUT2D eigenvalue weighted by molar-refractivity contribution is 7.07. The molecule has 1 rings (SSSR count). The third-order valence-corrected chi connectivity index (χ3v) is 4.42. The van der Waals surface area contributed by atoms with Crippen molar-refractivity contribution in [3.8, 4) is 0 Å². The van der Waals surface area contributed by atoms with Gasteiger partial charge in [-0.15, -0.1) is 0 Å². The van der Waals surface area contributed by atoms with E-state index >= 15 is 0 Å². The second-order valence-corrected chi connectivity index (χ2v) is 6.39. The summed E-state index contributed by atoms with van der Waals surface area (Å²) < 4.78 is 0. The van der Waals surface area contributed by atoms with Gasteiger partial charge in [0.1, 0.15) is 0 Å². The largest absolute Gasteiger partial charge is 0.393 e. The molecule has 0 amide bonds. The van der Waals surface area contributed by atoms with Crippen LogP contribution in [0.5, 0.6) is 0 Å². The lowest BCUT2D eigenvalue weighted by molar-refractivity contribution is 0.161. The smallest absolute Gasteiger partial charge is 0.0580 e. The van der Waals surface area contributed by atoms with Crippen molar-refractivity contribution < 1.29 is 5.11 Å². The van der Waals surface area contributed by atoms with E-state index in [0.717, 1.165) is 12.8 Å². The van der Waals surface area contributed by atoms with Crippen LogP contribution in [0, 0.1) is 0 Å². The van der Waals surface area contributed by atoms with E-state index in [-0.39, 0.29) is 6.10 Å². The maximum atomic E-state index is 9.93. The molecule has 0 saturated heterocycles. The summed E-state index contributed by atoms with van der Waals surface area (Å²) in [4.78, 5) is 0. The van der Waals surface area contributed by atoms with E-state index in [1.165, 1.54) is 63.4 Å². The van der Waals surface area contributed by atoms with Gasteiger partial charge < -0.3 is 5.11 Å². The summed E-state index contributed by atoms with van der Waals surface area (Å²) in [6.07, 6.45) is 13.8. The number of unbranched alkanes of at least 4 members (excludes halogenated alkanes) is 8. The summed E-state index contributed by atoms with van der Waals surface area (Å²) in [5, 5.41) is 14.1. The molecule has 0 spiro atoms. The number of hydrogen-bond donors (Lipinski definition) is 1. The molecular weight excluding hydrogens is 252 g/mol. The number of aliphatic hydroxyl groups excluding tert-OH is 1. The van der Waals surface area contributed by atoms with E-state index in [9.17, 15) is 5.11 Å². The summed E-state index contributed by atoms with van der Waals surface area (Å²) >= 11 is 1.71. The van der Waals surface area contributed by atoms with Gasteiger partial charge in [-0.3, -0.25) is 0 Å². The molecule has 1 heterocycles. The molecule has 1 unspecified atom stereocenters. The molecule has 0 aliphatic rings. The fraction of sp³-hybridized carbons (Fsp3) is 0.765. The van der Waals surface area contributed by atoms with Gasteiger partial charge in [-0.2, -0.15) is 11.3 Å². The van der Waals surface area contributed by atoms with Gasteiger partial charge in [0.05, 0.1) is 6.10 Å². The number of hydrogen-bond acceptors (Lipinski definition) is 2. The third kappa shape index (κ3) is 9.23. The molecule has 0 saturated carbocycles. The van der Waals surface area contributed by atoms with E-state index in [1.54, 1.807) is 11.3 Å². The monoisotopic (exact) mass is 282 g/mol. The third-order valence-electron chi connectivity index (χ3n) is 3.69. The van der Waals surface area contributed by atoms with Crippen LogP contribution in [0.2, 0.25) is 0 Å². The van der Waals surface area contributed by atoms with Crippen molar-refractivity contribution >= 4 is 11.3 Å². The summed E-state index contributed by atoms with van der Waals surface area (Å²) in [5.74, 6) is 0. The second kappa shape index (κ2) is 11.5. The quantitative estimate of drug-likeness (QED) is 0.497. The number of rotatable bonds is 12. The highest BCUT2D eigenvalue weighted by Gasteiger charge is 2.05. The Morgan fingerprint density at radius 1 is 1.00 bits per heavy atom. The average molecular weight is 282 g/mol. The topological polar surface area (TPSA) is 20.2 Å². The van der Waals surface area contributed by atoms with Crippen LogP contribution in [-0.4, -0.2) is 11.2 Å². The standard InChI is InChI=1S/C17H30OS/c1-2-3-4-5-6-7-8-9-10-11-17(18)14-16-12-13-19-15-16/h12-13,15,17-18H,2-11,14H2,1H3. The van der Waals surface area contributed by atoms with E-state index < -0.39 is 0 Å². The molecule has 0 fully saturated rings. The van der Waals surface area contributed by atoms with Gasteiger partial charge >= 0.3 is 0 Å². The summed E-state index contributed by atoms with van der Waals surface area (Å²) in [6.45, 7) is 2.27. The van der Waals surface area contributed by atoms with Crippen LogP contribution in [0.15, 0.2) is 16.8 Å². The van der Waals surface area contributed by atoms with Gasteiger partial charge in [0, 0.05) is 0 Å². The Hall–Kier alpha value is -0.340. The molecule has 1 N–H and O–H groups in total. The molecule has 1 aromatic heterocycles. The molecule has 1 aromatic rings. The van der Waals surface area contributed by atoms with Crippen LogP contribution in [0.25, 0.3) is 0 Å². The lowest BCUT2D eigenvalue weighted by Crippen LogP contribution is -2.09. The van der Waals surface area contributed by atoms with Gasteiger partial charge in [-0.25, -0.2) is 0 Å². The van der Waals surface area contributed by atoms with E-state index in [1.807, 2.05) is 0 Å². The molecular formula is C17H30OS. The van der Waals surface area contributed by atoms with Crippen molar-refractivity contribution in [3.63, 3.8) is 0 Å². The Balaban J connectivity index is 1.85. The minimum absolute atomic E-state index is 0.140. The zero-order valence-corrected chi connectivity index (χ0v) is 13.3. The molecule has 1 nitrogen and oxygen atoms in total. The molecule has 0 aromatic carbocycles. The SMILES string of the molecule is CCCCCCCCCCCC(O)Cc1ccsc1. The van der Waals surface area contributed by atoms with Crippen LogP contribution in [0.1, 0.15) is 76.7 Å². The van der Waals surface area contributed by atoms with Gasteiger partial charge in [0.25, 0.3) is 0 Å². The van der Waals surface area contributed by atoms with Crippen molar-refractivity contribution in [1.29, 1.82) is 0 Å². The number of thiophene rings is 1. The van der Waals surface area contributed by atoms with Gasteiger partial charge in [0.2, 0.25) is 0 Å². The first-order chi connectivity index (χ1) is 9.33. The Morgan fingerprint density at radius 2 is 1.63 bits per heavy atom. The molecule has 19 heavy (non-hydrogen) atoms. The van der Waals surface area contributed by atoms with Crippen molar-refractivity contribution in [3.05, 3.63) is 22.4 Å². The minimum atomic E-state index is -0.140. The van der Waals surface area contributed by atoms with Crippen molar-refractivity contribution in [2.45, 2.75) is 83.7 Å². The van der Waals surface area contributed by atoms with Gasteiger partial charge in [0.15, 0.2) is 0 Å². The first-order valence-electron chi connectivity index (χ1n) is 8.02. The Bertz CT molecular complexity index is 281. The first-order valence-corrected chi connectivity index (χ1v) is 8.96. The van der Waals surface area contributed by atoms with E-state index in [0.29, 0.717) is 0 Å². The lowest BCUT2D eigenvalue weighted by atomic mass is 10.0. The second-order valence-electron chi connectivity index (χ2n) is 5.61. The fourth-order valence-electron chi connectivity index (χ4n) is 2.47. The average Bonchev–Trinajstić information content (AvgIpc) is 2.89. The fourth-order valence-corrected chi connectivity index (χ4v) is 3.16. The predicted octanol–water partition coefficient (Wildman–Crippen LogP) is 5.57. The molecule has 110 valence electrons. The Morgan fingerprint density at radius 3 is 2.21 bits per heavy atom. The van der Waals surface area contributed by atoms with Crippen LogP contribution in [-0.2, 0) is 6.42 Å². The van der Waals surface area contributed by atoms with Gasteiger partial charge in [-0.05, 0) is 35.2 Å². The van der Waals surface area contributed by atoms with Crippen LogP contribution in [0.3, 0.4) is 0 Å². The summed E-state index contributed by atoms with van der Waals surface area (Å²) in [7, 11) is 0. The highest BCUT2D eigenvalue weighted by Crippen LogP contribution is 2.14. The lowest BCUT2D eigenvalue weighted by Gasteiger charge is -2.09. The normalized spacial score (nSPS) is 12.7. The van der Waals surface area contributed by atoms with Crippen molar-refractivity contribution in [2.24, 2.45) is 0 Å². The summed E-state index contributed by atoms with van der Waals surface area (Å²) in [6, 6.07) is 2.12. The molecule has 0 bridgehead atoms. The van der Waals surface area contributed by atoms with Crippen LogP contribution >= 0.6 is 11.3 Å². The zero-order chi connectivity index (χ0) is 13.8. The summed E-state index contributed by atoms with van der Waals surface area (Å²) in [5.41, 5.74) is 1.29. The Labute approximate surface area is 123 Å². The maximum absolute atomic E-state index is 9.93. The molecule has 1 atom stereocenters. The minimum Gasteiger partial charge on any atom is -0.393 e. The van der Waals surface area contributed by atoms with Crippen LogP contribution < -0.4 is 0 Å². The highest BCUT2D eigenvalue weighted by atomic mass is 32.1. The Kier molecular flexibility index (Phi) is 10.1. The molecule has 2 heteroatoms. The van der Waals surface area contributed by atoms with Crippen molar-refractivity contribution in [1.82, 2.24) is 0 Å². The van der Waals surface area contributed by atoms with Crippen molar-refractivity contribution in [2.75, 3.05) is 0 Å². The van der Waals surface area contributed by atoms with E-state index in [4.69, 9.17) is 0 Å². The van der Waals surface area contributed by atoms with E-state index in [2.05, 4.69) is 23.8 Å². The first kappa shape index (κ1) is 16.7. The number of aliphatic hydroxyl groups is 1. The van der Waals surface area contributed by atoms with Gasteiger partial charge in [-0.1, -0.05) is 64.7 Å². The molecule has 0 aliphatic heterocycles. The maximum Gasteiger partial charge on any atom is 0.0580 e. The molecule has 0 aliphatic carbocycles.